The Morgan fingerprint density at radius 3 is 2.94 bits per heavy atom. The third-order valence-electron chi connectivity index (χ3n) is 4.48. The summed E-state index contributed by atoms with van der Waals surface area (Å²) in [5.41, 5.74) is 6.15. The molecule has 0 spiro atoms. The van der Waals surface area contributed by atoms with E-state index in [1.165, 1.54) is 12.8 Å². The summed E-state index contributed by atoms with van der Waals surface area (Å²) in [6, 6.07) is 1.96. The van der Waals surface area contributed by atoms with Gasteiger partial charge in [0.25, 0.3) is 0 Å². The van der Waals surface area contributed by atoms with E-state index in [0.717, 1.165) is 13.0 Å². The van der Waals surface area contributed by atoms with Crippen LogP contribution in [0.15, 0.2) is 18.5 Å². The molecule has 1 amide bonds. The smallest absolute Gasteiger partial charge is 0.225 e. The number of nitrogens with zero attached hydrogens (tertiary/aromatic N) is 2. The lowest BCUT2D eigenvalue weighted by molar-refractivity contribution is -0.127. The maximum Gasteiger partial charge on any atom is 0.225 e. The molecule has 0 radical (unpaired) electrons. The Kier molecular flexibility index (Phi) is 3.07. The van der Waals surface area contributed by atoms with Crippen molar-refractivity contribution < 1.29 is 4.79 Å². The predicted molar refractivity (Wildman–Crippen MR) is 67.5 cm³/mol. The van der Waals surface area contributed by atoms with Crippen LogP contribution in [-0.4, -0.2) is 28.3 Å². The molecule has 0 saturated heterocycles. The summed E-state index contributed by atoms with van der Waals surface area (Å²) in [5, 5.41) is 7.10. The fourth-order valence-electron chi connectivity index (χ4n) is 3.57. The van der Waals surface area contributed by atoms with E-state index >= 15 is 0 Å². The van der Waals surface area contributed by atoms with Crippen LogP contribution in [0.4, 0.5) is 0 Å². The van der Waals surface area contributed by atoms with Crippen molar-refractivity contribution in [2.24, 2.45) is 23.5 Å². The van der Waals surface area contributed by atoms with E-state index in [0.29, 0.717) is 18.4 Å². The normalized spacial score (nSPS) is 33.8. The van der Waals surface area contributed by atoms with Crippen molar-refractivity contribution in [1.29, 1.82) is 0 Å². The summed E-state index contributed by atoms with van der Waals surface area (Å²) in [6.07, 6.45) is 7.18. The standard InChI is InChI=1S/C13H20N4O/c14-12-10-3-2-9(8-10)11(12)13(18)15-5-7-17-6-1-4-16-17/h1,4,6,9-12H,2-3,5,7-8,14H2,(H,15,18). The van der Waals surface area contributed by atoms with E-state index in [1.807, 2.05) is 16.9 Å². The van der Waals surface area contributed by atoms with E-state index < -0.39 is 0 Å². The molecular formula is C13H20N4O. The second-order valence-electron chi connectivity index (χ2n) is 5.50. The Balaban J connectivity index is 1.50. The molecule has 3 N–H and O–H groups in total. The fourth-order valence-corrected chi connectivity index (χ4v) is 3.57. The highest BCUT2D eigenvalue weighted by Gasteiger charge is 2.48. The number of nitrogens with two attached hydrogens (primary N) is 1. The molecule has 3 rings (SSSR count). The van der Waals surface area contributed by atoms with Crippen LogP contribution in [0, 0.1) is 17.8 Å². The quantitative estimate of drug-likeness (QED) is 0.808. The Labute approximate surface area is 107 Å². The van der Waals surface area contributed by atoms with Crippen LogP contribution in [0.3, 0.4) is 0 Å². The summed E-state index contributed by atoms with van der Waals surface area (Å²) < 4.78 is 1.82. The molecule has 1 heterocycles. The third kappa shape index (κ3) is 2.03. The first-order valence-corrected chi connectivity index (χ1v) is 6.76. The van der Waals surface area contributed by atoms with Gasteiger partial charge in [-0.3, -0.25) is 9.48 Å². The number of amides is 1. The first-order chi connectivity index (χ1) is 8.75. The number of carbonyl (C=O) groups excluding carboxylic acids is 1. The minimum absolute atomic E-state index is 0.0429. The second-order valence-corrected chi connectivity index (χ2v) is 5.50. The van der Waals surface area contributed by atoms with Crippen molar-refractivity contribution in [2.75, 3.05) is 6.54 Å². The average molecular weight is 248 g/mol. The lowest BCUT2D eigenvalue weighted by Crippen LogP contribution is -2.45. The van der Waals surface area contributed by atoms with Gasteiger partial charge in [-0.05, 0) is 37.2 Å². The molecule has 2 aliphatic carbocycles. The number of hydrogen-bond acceptors (Lipinski definition) is 3. The molecule has 5 nitrogen and oxygen atoms in total. The zero-order chi connectivity index (χ0) is 12.5. The van der Waals surface area contributed by atoms with E-state index in [4.69, 9.17) is 5.73 Å². The van der Waals surface area contributed by atoms with Gasteiger partial charge in [-0.15, -0.1) is 0 Å². The molecule has 0 aromatic carbocycles. The van der Waals surface area contributed by atoms with E-state index in [2.05, 4.69) is 10.4 Å². The predicted octanol–water partition coefficient (Wildman–Crippen LogP) is 0.373. The summed E-state index contributed by atoms with van der Waals surface area (Å²) in [5.74, 6) is 1.29. The topological polar surface area (TPSA) is 72.9 Å². The molecule has 5 heteroatoms. The molecule has 1 aromatic heterocycles. The molecule has 4 atom stereocenters. The SMILES string of the molecule is NC1C2CCC(C2)C1C(=O)NCCn1cccn1. The van der Waals surface area contributed by atoms with Crippen LogP contribution >= 0.6 is 0 Å². The van der Waals surface area contributed by atoms with Crippen LogP contribution < -0.4 is 11.1 Å². The maximum atomic E-state index is 12.2. The maximum absolute atomic E-state index is 12.2. The van der Waals surface area contributed by atoms with Gasteiger partial charge < -0.3 is 11.1 Å². The molecule has 2 saturated carbocycles. The van der Waals surface area contributed by atoms with Crippen molar-refractivity contribution in [2.45, 2.75) is 31.8 Å². The van der Waals surface area contributed by atoms with Crippen LogP contribution in [-0.2, 0) is 11.3 Å². The van der Waals surface area contributed by atoms with Gasteiger partial charge in [0.05, 0.1) is 12.5 Å². The van der Waals surface area contributed by atoms with Crippen molar-refractivity contribution >= 4 is 5.91 Å². The molecule has 1 aromatic rings. The van der Waals surface area contributed by atoms with E-state index in [1.54, 1.807) is 6.20 Å². The zero-order valence-corrected chi connectivity index (χ0v) is 10.5. The molecule has 0 aliphatic heterocycles. The van der Waals surface area contributed by atoms with Crippen molar-refractivity contribution in [1.82, 2.24) is 15.1 Å². The van der Waals surface area contributed by atoms with Crippen molar-refractivity contribution in [3.8, 4) is 0 Å². The molecule has 2 bridgehead atoms. The molecule has 4 unspecified atom stereocenters. The summed E-state index contributed by atoms with van der Waals surface area (Å²) in [6.45, 7) is 1.34. The van der Waals surface area contributed by atoms with Gasteiger partial charge in [-0.1, -0.05) is 0 Å². The summed E-state index contributed by atoms with van der Waals surface area (Å²) in [7, 11) is 0. The summed E-state index contributed by atoms with van der Waals surface area (Å²) in [4.78, 5) is 12.2. The van der Waals surface area contributed by atoms with Gasteiger partial charge in [0, 0.05) is 25.0 Å². The molecule has 98 valence electrons. The lowest BCUT2D eigenvalue weighted by Gasteiger charge is -2.26. The van der Waals surface area contributed by atoms with Crippen LogP contribution in [0.5, 0.6) is 0 Å². The molecular weight excluding hydrogens is 228 g/mol. The van der Waals surface area contributed by atoms with Crippen LogP contribution in [0.1, 0.15) is 19.3 Å². The van der Waals surface area contributed by atoms with Gasteiger partial charge in [0.15, 0.2) is 0 Å². The number of rotatable bonds is 4. The van der Waals surface area contributed by atoms with E-state index in [-0.39, 0.29) is 17.9 Å². The number of hydrogen-bond donors (Lipinski definition) is 2. The number of nitrogens with one attached hydrogen (secondary N) is 1. The van der Waals surface area contributed by atoms with Gasteiger partial charge in [-0.2, -0.15) is 5.10 Å². The lowest BCUT2D eigenvalue weighted by atomic mass is 9.84. The van der Waals surface area contributed by atoms with Crippen molar-refractivity contribution in [3.63, 3.8) is 0 Å². The van der Waals surface area contributed by atoms with Gasteiger partial charge >= 0.3 is 0 Å². The highest BCUT2D eigenvalue weighted by atomic mass is 16.1. The highest BCUT2D eigenvalue weighted by Crippen LogP contribution is 2.47. The second kappa shape index (κ2) is 4.72. The van der Waals surface area contributed by atoms with Gasteiger partial charge in [0.2, 0.25) is 5.91 Å². The first-order valence-electron chi connectivity index (χ1n) is 6.76. The molecule has 2 fully saturated rings. The number of fused-ring (bicyclic) bond motifs is 2. The Hall–Kier alpha value is -1.36. The van der Waals surface area contributed by atoms with Gasteiger partial charge in [0.1, 0.15) is 0 Å². The zero-order valence-electron chi connectivity index (χ0n) is 10.5. The van der Waals surface area contributed by atoms with Crippen LogP contribution in [0.2, 0.25) is 0 Å². The average Bonchev–Trinajstić information content (AvgIpc) is 3.03. The number of carbonyl (C=O) groups is 1. The molecule has 2 aliphatic rings. The summed E-state index contributed by atoms with van der Waals surface area (Å²) >= 11 is 0. The van der Waals surface area contributed by atoms with Gasteiger partial charge in [-0.25, -0.2) is 0 Å². The Bertz CT molecular complexity index is 415. The monoisotopic (exact) mass is 248 g/mol. The minimum Gasteiger partial charge on any atom is -0.354 e. The number of aromatic nitrogens is 2. The Morgan fingerprint density at radius 1 is 1.44 bits per heavy atom. The fraction of sp³-hybridized carbons (Fsp3) is 0.692. The largest absolute Gasteiger partial charge is 0.354 e. The molecule has 18 heavy (non-hydrogen) atoms. The third-order valence-corrected chi connectivity index (χ3v) is 4.48. The first kappa shape index (κ1) is 11.7. The Morgan fingerprint density at radius 2 is 2.28 bits per heavy atom. The minimum atomic E-state index is 0.0429. The van der Waals surface area contributed by atoms with Crippen molar-refractivity contribution in [3.05, 3.63) is 18.5 Å². The van der Waals surface area contributed by atoms with E-state index in [9.17, 15) is 4.79 Å². The highest BCUT2D eigenvalue weighted by molar-refractivity contribution is 5.80. The van der Waals surface area contributed by atoms with Crippen LogP contribution in [0.25, 0.3) is 0 Å².